The lowest BCUT2D eigenvalue weighted by molar-refractivity contribution is -0.206. The van der Waals surface area contributed by atoms with Gasteiger partial charge in [-0.1, -0.05) is 0 Å². The molecule has 0 aromatic rings. The second-order valence-corrected chi connectivity index (χ2v) is 4.60. The number of nitrogens with zero attached hydrogens (tertiary/aromatic N) is 1. The van der Waals surface area contributed by atoms with Crippen molar-refractivity contribution in [3.63, 3.8) is 0 Å². The number of alkyl halides is 2. The number of hydrogen-bond acceptors (Lipinski definition) is 1. The van der Waals surface area contributed by atoms with E-state index < -0.39 is 5.92 Å². The molecule has 14 heavy (non-hydrogen) atoms. The first-order valence-electron chi connectivity index (χ1n) is 4.70. The van der Waals surface area contributed by atoms with Gasteiger partial charge in [-0.05, 0) is 18.3 Å². The summed E-state index contributed by atoms with van der Waals surface area (Å²) in [6.45, 7) is 6.44. The summed E-state index contributed by atoms with van der Waals surface area (Å²) in [7, 11) is 0. The zero-order valence-corrected chi connectivity index (χ0v) is 7.72. The lowest BCUT2D eigenvalue weighted by Crippen LogP contribution is -2.55. The van der Waals surface area contributed by atoms with Gasteiger partial charge in [0.2, 0.25) is 11.7 Å². The van der Waals surface area contributed by atoms with Gasteiger partial charge in [-0.15, -0.1) is 0 Å². The molecule has 0 bridgehead atoms. The van der Waals surface area contributed by atoms with E-state index in [1.807, 2.05) is 0 Å². The molecule has 2 rings (SSSR count). The maximum absolute atomic E-state index is 12.6. The number of rotatable bonds is 2. The van der Waals surface area contributed by atoms with Gasteiger partial charge in [-0.2, -0.15) is 0 Å². The van der Waals surface area contributed by atoms with E-state index in [0.717, 1.165) is 0 Å². The molecule has 2 nitrogen and oxygen atoms in total. The second-order valence-electron chi connectivity index (χ2n) is 4.60. The molecule has 76 valence electrons. The molecule has 0 unspecified atom stereocenters. The lowest BCUT2D eigenvalue weighted by Gasteiger charge is -2.56. The average molecular weight is 199 g/mol. The van der Waals surface area contributed by atoms with Gasteiger partial charge in [0, 0.05) is 18.8 Å². The van der Waals surface area contributed by atoms with Crippen LogP contribution in [0.15, 0.2) is 0 Å². The van der Waals surface area contributed by atoms with Crippen LogP contribution in [0.1, 0.15) is 25.7 Å². The molecule has 0 aromatic carbocycles. The Kier molecular flexibility index (Phi) is 1.88. The van der Waals surface area contributed by atoms with Crippen molar-refractivity contribution >= 4 is 5.78 Å². The molecule has 0 aliphatic heterocycles. The highest BCUT2D eigenvalue weighted by Crippen LogP contribution is 2.64. The Labute approximate surface area is 81.1 Å². The van der Waals surface area contributed by atoms with Crippen molar-refractivity contribution in [3.8, 4) is 0 Å². The normalized spacial score (nSPS) is 27.5. The van der Waals surface area contributed by atoms with Gasteiger partial charge in [0.25, 0.3) is 6.54 Å². The smallest absolute Gasteiger partial charge is 0.272 e. The first kappa shape index (κ1) is 9.57. The number of Topliss-reactive ketones (excluding diaryl/α,β-unsaturated/α-hetero) is 1. The zero-order chi connectivity index (χ0) is 10.4. The van der Waals surface area contributed by atoms with Crippen LogP contribution in [0.4, 0.5) is 8.78 Å². The van der Waals surface area contributed by atoms with Crippen LogP contribution in [-0.2, 0) is 4.79 Å². The van der Waals surface area contributed by atoms with E-state index in [1.165, 1.54) is 0 Å². The van der Waals surface area contributed by atoms with Crippen molar-refractivity contribution in [1.82, 2.24) is 0 Å². The highest BCUT2D eigenvalue weighted by Gasteiger charge is 2.62. The molecule has 0 heterocycles. The number of carbonyl (C=O) groups is 1. The molecule has 2 fully saturated rings. The molecule has 2 aliphatic rings. The monoisotopic (exact) mass is 199 g/mol. The minimum atomic E-state index is -2.49. The number of halogens is 2. The van der Waals surface area contributed by atoms with E-state index in [-0.39, 0.29) is 36.5 Å². The SMILES string of the molecule is [C-]#[N+]CC(=O)C1CC2(C1)CC(F)(F)C2. The molecule has 2 aliphatic carbocycles. The van der Waals surface area contributed by atoms with Gasteiger partial charge >= 0.3 is 0 Å². The van der Waals surface area contributed by atoms with Crippen molar-refractivity contribution < 1.29 is 13.6 Å². The zero-order valence-electron chi connectivity index (χ0n) is 7.72. The van der Waals surface area contributed by atoms with Gasteiger partial charge in [0.15, 0.2) is 0 Å². The van der Waals surface area contributed by atoms with Crippen LogP contribution in [-0.4, -0.2) is 18.3 Å². The molecule has 4 heteroatoms. The summed E-state index contributed by atoms with van der Waals surface area (Å²) in [5, 5.41) is 0. The Bertz CT molecular complexity index is 303. The minimum absolute atomic E-state index is 0.0538. The number of ketones is 1. The Morgan fingerprint density at radius 2 is 2.00 bits per heavy atom. The van der Waals surface area contributed by atoms with Crippen LogP contribution in [0.2, 0.25) is 0 Å². The Morgan fingerprint density at radius 1 is 1.43 bits per heavy atom. The summed E-state index contributed by atoms with van der Waals surface area (Å²) in [6, 6.07) is 0. The van der Waals surface area contributed by atoms with Crippen LogP contribution in [0.5, 0.6) is 0 Å². The van der Waals surface area contributed by atoms with Gasteiger partial charge < -0.3 is 4.85 Å². The van der Waals surface area contributed by atoms with Gasteiger partial charge in [-0.25, -0.2) is 15.4 Å². The highest BCUT2D eigenvalue weighted by atomic mass is 19.3. The Morgan fingerprint density at radius 3 is 2.43 bits per heavy atom. The maximum atomic E-state index is 12.6. The standard InChI is InChI=1S/C10H11F2NO/c1-13-4-8(14)7-2-9(3-7)5-10(11,12)6-9/h7H,2-6H2. The Hall–Kier alpha value is -0.980. The molecule has 0 radical (unpaired) electrons. The topological polar surface area (TPSA) is 21.4 Å². The van der Waals surface area contributed by atoms with Crippen LogP contribution in [0, 0.1) is 17.9 Å². The van der Waals surface area contributed by atoms with Crippen LogP contribution < -0.4 is 0 Å². The predicted octanol–water partition coefficient (Wildman–Crippen LogP) is 2.30. The van der Waals surface area contributed by atoms with E-state index >= 15 is 0 Å². The average Bonchev–Trinajstić information content (AvgIpc) is 1.95. The van der Waals surface area contributed by atoms with E-state index in [4.69, 9.17) is 6.57 Å². The van der Waals surface area contributed by atoms with Crippen molar-refractivity contribution in [3.05, 3.63) is 11.4 Å². The number of hydrogen-bond donors (Lipinski definition) is 0. The van der Waals surface area contributed by atoms with Crippen LogP contribution in [0.3, 0.4) is 0 Å². The third-order valence-electron chi connectivity index (χ3n) is 3.32. The third-order valence-corrected chi connectivity index (χ3v) is 3.32. The van der Waals surface area contributed by atoms with E-state index in [1.54, 1.807) is 0 Å². The Balaban J connectivity index is 1.81. The fraction of sp³-hybridized carbons (Fsp3) is 0.800. The van der Waals surface area contributed by atoms with Gasteiger partial charge in [0.1, 0.15) is 0 Å². The van der Waals surface area contributed by atoms with Crippen molar-refractivity contribution in [2.45, 2.75) is 31.6 Å². The quantitative estimate of drug-likeness (QED) is 0.625. The van der Waals surface area contributed by atoms with E-state index in [9.17, 15) is 13.6 Å². The summed E-state index contributed by atoms with van der Waals surface area (Å²) in [4.78, 5) is 14.2. The largest absolute Gasteiger partial charge is 0.309 e. The molecular formula is C10H11F2NO. The van der Waals surface area contributed by atoms with Crippen molar-refractivity contribution in [1.29, 1.82) is 0 Å². The number of carbonyl (C=O) groups excluding carboxylic acids is 1. The fourth-order valence-corrected chi connectivity index (χ4v) is 2.75. The molecule has 0 aromatic heterocycles. The van der Waals surface area contributed by atoms with Gasteiger partial charge in [0.05, 0.1) is 0 Å². The molecule has 0 saturated heterocycles. The van der Waals surface area contributed by atoms with Crippen LogP contribution >= 0.6 is 0 Å². The minimum Gasteiger partial charge on any atom is -0.309 e. The molecule has 2 saturated carbocycles. The highest BCUT2D eigenvalue weighted by molar-refractivity contribution is 5.85. The maximum Gasteiger partial charge on any atom is 0.272 e. The molecule has 0 amide bonds. The summed E-state index contributed by atoms with van der Waals surface area (Å²) in [5.74, 6) is -2.67. The molecule has 0 atom stereocenters. The lowest BCUT2D eigenvalue weighted by atomic mass is 9.49. The van der Waals surface area contributed by atoms with Gasteiger partial charge in [-0.3, -0.25) is 4.79 Å². The summed E-state index contributed by atoms with van der Waals surface area (Å²) in [5.41, 5.74) is -0.244. The molecular weight excluding hydrogens is 188 g/mol. The van der Waals surface area contributed by atoms with Crippen molar-refractivity contribution in [2.75, 3.05) is 6.54 Å². The second kappa shape index (κ2) is 2.75. The first-order chi connectivity index (χ1) is 6.46. The summed E-state index contributed by atoms with van der Waals surface area (Å²) >= 11 is 0. The first-order valence-corrected chi connectivity index (χ1v) is 4.70. The summed E-state index contributed by atoms with van der Waals surface area (Å²) < 4.78 is 25.2. The fourth-order valence-electron chi connectivity index (χ4n) is 2.75. The van der Waals surface area contributed by atoms with Crippen LogP contribution in [0.25, 0.3) is 4.85 Å². The summed E-state index contributed by atoms with van der Waals surface area (Å²) in [6.07, 6.45) is 1.05. The molecule has 1 spiro atoms. The van der Waals surface area contributed by atoms with E-state index in [0.29, 0.717) is 12.8 Å². The van der Waals surface area contributed by atoms with E-state index in [2.05, 4.69) is 4.85 Å². The predicted molar refractivity (Wildman–Crippen MR) is 45.8 cm³/mol. The third kappa shape index (κ3) is 1.41. The molecule has 0 N–H and O–H groups in total. The van der Waals surface area contributed by atoms with Crippen molar-refractivity contribution in [2.24, 2.45) is 11.3 Å².